The van der Waals surface area contributed by atoms with E-state index in [0.717, 1.165) is 28.7 Å². The third kappa shape index (κ3) is 6.01. The lowest BCUT2D eigenvalue weighted by Crippen LogP contribution is -2.27. The van der Waals surface area contributed by atoms with E-state index in [0.29, 0.717) is 10.7 Å². The summed E-state index contributed by atoms with van der Waals surface area (Å²) in [6.07, 6.45) is 3.23. The number of halogens is 1. The Hall–Kier alpha value is -1.80. The van der Waals surface area contributed by atoms with Gasteiger partial charge in [0.1, 0.15) is 5.01 Å². The van der Waals surface area contributed by atoms with Crippen LogP contribution >= 0.6 is 27.3 Å². The normalized spacial score (nSPS) is 10.4. The van der Waals surface area contributed by atoms with Gasteiger partial charge in [0, 0.05) is 29.4 Å². The summed E-state index contributed by atoms with van der Waals surface area (Å²) in [6, 6.07) is 7.04. The second kappa shape index (κ2) is 9.48. The van der Waals surface area contributed by atoms with Gasteiger partial charge in [-0.2, -0.15) is 0 Å². The minimum atomic E-state index is -0.201. The third-order valence-electron chi connectivity index (χ3n) is 3.20. The van der Waals surface area contributed by atoms with Crippen molar-refractivity contribution in [3.63, 3.8) is 0 Å². The number of hydrogen-bond donors (Lipinski definition) is 2. The second-order valence-corrected chi connectivity index (χ2v) is 7.14. The van der Waals surface area contributed by atoms with Crippen molar-refractivity contribution in [2.24, 2.45) is 0 Å². The van der Waals surface area contributed by atoms with Crippen molar-refractivity contribution in [2.45, 2.75) is 32.6 Å². The quantitative estimate of drug-likeness (QED) is 0.698. The standard InChI is InChI=1S/C16H19BrN4O2S/c1-2-3-4-14-20-21-16(24-14)19-13(22)9-10-18-15(23)11-5-7-12(17)8-6-11/h5-8H,2-4,9-10H2,1H3,(H,18,23)(H,19,21,22). The molecule has 2 amide bonds. The van der Waals surface area contributed by atoms with Gasteiger partial charge in [0.15, 0.2) is 0 Å². The minimum Gasteiger partial charge on any atom is -0.352 e. The summed E-state index contributed by atoms with van der Waals surface area (Å²) in [5.41, 5.74) is 0.559. The number of benzene rings is 1. The van der Waals surface area contributed by atoms with Crippen LogP contribution in [0.3, 0.4) is 0 Å². The van der Waals surface area contributed by atoms with Crippen LogP contribution in [-0.4, -0.2) is 28.6 Å². The topological polar surface area (TPSA) is 84.0 Å². The van der Waals surface area contributed by atoms with Gasteiger partial charge in [0.25, 0.3) is 5.91 Å². The van der Waals surface area contributed by atoms with E-state index in [9.17, 15) is 9.59 Å². The number of hydrogen-bond acceptors (Lipinski definition) is 5. The molecule has 24 heavy (non-hydrogen) atoms. The van der Waals surface area contributed by atoms with Gasteiger partial charge in [-0.3, -0.25) is 9.59 Å². The average Bonchev–Trinajstić information content (AvgIpc) is 3.00. The summed E-state index contributed by atoms with van der Waals surface area (Å²) < 4.78 is 0.911. The molecule has 0 radical (unpaired) electrons. The van der Waals surface area contributed by atoms with E-state index < -0.39 is 0 Å². The monoisotopic (exact) mass is 410 g/mol. The first-order valence-electron chi connectivity index (χ1n) is 7.74. The van der Waals surface area contributed by atoms with E-state index >= 15 is 0 Å². The SMILES string of the molecule is CCCCc1nnc(NC(=O)CCNC(=O)c2ccc(Br)cc2)s1. The summed E-state index contributed by atoms with van der Waals surface area (Å²) in [6.45, 7) is 2.38. The molecule has 2 aromatic rings. The summed E-state index contributed by atoms with van der Waals surface area (Å²) >= 11 is 4.71. The lowest BCUT2D eigenvalue weighted by atomic mass is 10.2. The third-order valence-corrected chi connectivity index (χ3v) is 4.63. The van der Waals surface area contributed by atoms with Crippen LogP contribution in [0, 0.1) is 0 Å². The van der Waals surface area contributed by atoms with E-state index in [-0.39, 0.29) is 24.8 Å². The van der Waals surface area contributed by atoms with Crippen molar-refractivity contribution in [1.29, 1.82) is 0 Å². The molecule has 0 bridgehead atoms. The highest BCUT2D eigenvalue weighted by Gasteiger charge is 2.09. The molecule has 2 N–H and O–H groups in total. The van der Waals surface area contributed by atoms with Crippen molar-refractivity contribution < 1.29 is 9.59 Å². The molecule has 0 atom stereocenters. The fourth-order valence-corrected chi connectivity index (χ4v) is 2.97. The highest BCUT2D eigenvalue weighted by molar-refractivity contribution is 9.10. The van der Waals surface area contributed by atoms with Crippen LogP contribution in [0.25, 0.3) is 0 Å². The zero-order valence-corrected chi connectivity index (χ0v) is 15.7. The molecule has 0 aliphatic heterocycles. The molecule has 0 spiro atoms. The number of rotatable bonds is 8. The smallest absolute Gasteiger partial charge is 0.251 e. The number of carbonyl (C=O) groups is 2. The van der Waals surface area contributed by atoms with Crippen LogP contribution in [0.1, 0.15) is 41.6 Å². The fraction of sp³-hybridized carbons (Fsp3) is 0.375. The Morgan fingerprint density at radius 3 is 2.67 bits per heavy atom. The van der Waals surface area contributed by atoms with Crippen molar-refractivity contribution in [3.05, 3.63) is 39.3 Å². The summed E-state index contributed by atoms with van der Waals surface area (Å²) in [5.74, 6) is -0.391. The van der Waals surface area contributed by atoms with Gasteiger partial charge in [0.05, 0.1) is 0 Å². The van der Waals surface area contributed by atoms with Crippen LogP contribution in [0.5, 0.6) is 0 Å². The first kappa shape index (κ1) is 18.5. The molecule has 0 fully saturated rings. The number of aromatic nitrogens is 2. The Morgan fingerprint density at radius 1 is 1.21 bits per heavy atom. The molecule has 2 rings (SSSR count). The Morgan fingerprint density at radius 2 is 1.96 bits per heavy atom. The van der Waals surface area contributed by atoms with Gasteiger partial charge < -0.3 is 10.6 Å². The van der Waals surface area contributed by atoms with Crippen molar-refractivity contribution in [2.75, 3.05) is 11.9 Å². The van der Waals surface area contributed by atoms with Crippen LogP contribution in [0.2, 0.25) is 0 Å². The summed E-state index contributed by atoms with van der Waals surface area (Å²) in [7, 11) is 0. The molecular formula is C16H19BrN4O2S. The van der Waals surface area contributed by atoms with E-state index in [1.807, 2.05) is 0 Å². The van der Waals surface area contributed by atoms with Crippen LogP contribution in [0.4, 0.5) is 5.13 Å². The Balaban J connectivity index is 1.72. The molecule has 128 valence electrons. The van der Waals surface area contributed by atoms with Gasteiger partial charge >= 0.3 is 0 Å². The number of carbonyl (C=O) groups excluding carboxylic acids is 2. The van der Waals surface area contributed by atoms with Crippen molar-refractivity contribution in [3.8, 4) is 0 Å². The highest BCUT2D eigenvalue weighted by atomic mass is 79.9. The molecule has 1 heterocycles. The Labute approximate surface area is 153 Å². The first-order valence-corrected chi connectivity index (χ1v) is 9.35. The number of nitrogens with one attached hydrogen (secondary N) is 2. The summed E-state index contributed by atoms with van der Waals surface area (Å²) in [4.78, 5) is 23.8. The zero-order valence-electron chi connectivity index (χ0n) is 13.3. The molecule has 0 saturated carbocycles. The average molecular weight is 411 g/mol. The maximum absolute atomic E-state index is 11.9. The predicted molar refractivity (Wildman–Crippen MR) is 98.2 cm³/mol. The van der Waals surface area contributed by atoms with E-state index in [4.69, 9.17) is 0 Å². The summed E-state index contributed by atoms with van der Waals surface area (Å²) in [5, 5.41) is 14.9. The minimum absolute atomic E-state index is 0.187. The van der Waals surface area contributed by atoms with Gasteiger partial charge in [-0.05, 0) is 30.7 Å². The number of unbranched alkanes of at least 4 members (excludes halogenated alkanes) is 1. The van der Waals surface area contributed by atoms with E-state index in [2.05, 4.69) is 43.7 Å². The number of amides is 2. The van der Waals surface area contributed by atoms with Gasteiger partial charge in [-0.25, -0.2) is 0 Å². The molecule has 1 aromatic heterocycles. The largest absolute Gasteiger partial charge is 0.352 e. The van der Waals surface area contributed by atoms with E-state index in [1.165, 1.54) is 11.3 Å². The fourth-order valence-electron chi connectivity index (χ4n) is 1.91. The highest BCUT2D eigenvalue weighted by Crippen LogP contribution is 2.17. The van der Waals surface area contributed by atoms with Crippen LogP contribution in [0.15, 0.2) is 28.7 Å². The first-order chi connectivity index (χ1) is 11.6. The molecule has 0 aliphatic rings. The Kier molecular flexibility index (Phi) is 7.33. The van der Waals surface area contributed by atoms with Crippen molar-refractivity contribution >= 4 is 44.2 Å². The number of aryl methyl sites for hydroxylation is 1. The molecule has 6 nitrogen and oxygen atoms in total. The van der Waals surface area contributed by atoms with Gasteiger partial charge in [-0.15, -0.1) is 10.2 Å². The molecular weight excluding hydrogens is 392 g/mol. The predicted octanol–water partition coefficient (Wildman–Crippen LogP) is 3.40. The lowest BCUT2D eigenvalue weighted by Gasteiger charge is -2.05. The number of anilines is 1. The maximum atomic E-state index is 11.9. The van der Waals surface area contributed by atoms with E-state index in [1.54, 1.807) is 24.3 Å². The molecule has 0 unspecified atom stereocenters. The zero-order chi connectivity index (χ0) is 17.4. The lowest BCUT2D eigenvalue weighted by molar-refractivity contribution is -0.116. The molecule has 0 saturated heterocycles. The maximum Gasteiger partial charge on any atom is 0.251 e. The second-order valence-electron chi connectivity index (χ2n) is 5.17. The van der Waals surface area contributed by atoms with Gasteiger partial charge in [-0.1, -0.05) is 40.6 Å². The van der Waals surface area contributed by atoms with Gasteiger partial charge in [0.2, 0.25) is 11.0 Å². The Bertz CT molecular complexity index is 688. The van der Waals surface area contributed by atoms with Crippen molar-refractivity contribution in [1.82, 2.24) is 15.5 Å². The van der Waals surface area contributed by atoms with Crippen LogP contribution < -0.4 is 10.6 Å². The van der Waals surface area contributed by atoms with Crippen LogP contribution in [-0.2, 0) is 11.2 Å². The molecule has 8 heteroatoms. The number of nitrogens with zero attached hydrogens (tertiary/aromatic N) is 2. The molecule has 1 aromatic carbocycles. The molecule has 0 aliphatic carbocycles.